The number of aryl methyl sites for hydroxylation is 1. The first-order valence-electron chi connectivity index (χ1n) is 5.06. The van der Waals surface area contributed by atoms with Crippen LogP contribution in [0.2, 0.25) is 0 Å². The van der Waals surface area contributed by atoms with Crippen molar-refractivity contribution < 1.29 is 9.53 Å². The maximum Gasteiger partial charge on any atom is 0.337 e. The highest BCUT2D eigenvalue weighted by atomic mass is 32.2. The van der Waals surface area contributed by atoms with Gasteiger partial charge >= 0.3 is 5.97 Å². The van der Waals surface area contributed by atoms with Crippen molar-refractivity contribution in [3.05, 3.63) is 28.8 Å². The van der Waals surface area contributed by atoms with Crippen LogP contribution >= 0.6 is 23.1 Å². The Labute approximate surface area is 112 Å². The third-order valence-corrected chi connectivity index (χ3v) is 4.12. The highest BCUT2D eigenvalue weighted by molar-refractivity contribution is 8.01. The highest BCUT2D eigenvalue weighted by Gasteiger charge is 2.10. The van der Waals surface area contributed by atoms with E-state index in [1.807, 2.05) is 6.92 Å². The third kappa shape index (κ3) is 2.80. The molecule has 0 fully saturated rings. The molecule has 0 aliphatic rings. The van der Waals surface area contributed by atoms with Gasteiger partial charge in [-0.3, -0.25) is 0 Å². The fraction of sp³-hybridized carbons (Fsp3) is 0.182. The molecule has 1 aromatic heterocycles. The molecule has 0 saturated heterocycles. The Morgan fingerprint density at radius 1 is 1.44 bits per heavy atom. The summed E-state index contributed by atoms with van der Waals surface area (Å²) in [5.41, 5.74) is 6.86. The number of nitrogens with two attached hydrogens (primary N) is 1. The van der Waals surface area contributed by atoms with Crippen molar-refractivity contribution in [3.8, 4) is 0 Å². The van der Waals surface area contributed by atoms with E-state index in [4.69, 9.17) is 5.73 Å². The topological polar surface area (TPSA) is 78.1 Å². The summed E-state index contributed by atoms with van der Waals surface area (Å²) in [6.07, 6.45) is 0. The van der Waals surface area contributed by atoms with E-state index in [-0.39, 0.29) is 0 Å². The van der Waals surface area contributed by atoms with Crippen LogP contribution in [0.4, 0.5) is 5.69 Å². The molecule has 2 aromatic rings. The van der Waals surface area contributed by atoms with Crippen LogP contribution < -0.4 is 5.73 Å². The number of methoxy groups -OCH3 is 1. The number of esters is 1. The van der Waals surface area contributed by atoms with Gasteiger partial charge in [-0.25, -0.2) is 4.79 Å². The van der Waals surface area contributed by atoms with Crippen molar-refractivity contribution in [2.75, 3.05) is 12.8 Å². The summed E-state index contributed by atoms with van der Waals surface area (Å²) in [5.74, 6) is -0.398. The van der Waals surface area contributed by atoms with Crippen molar-refractivity contribution >= 4 is 34.8 Å². The number of benzene rings is 1. The summed E-state index contributed by atoms with van der Waals surface area (Å²) < 4.78 is 5.46. The fourth-order valence-corrected chi connectivity index (χ4v) is 3.10. The first-order valence-corrected chi connectivity index (χ1v) is 6.69. The third-order valence-electron chi connectivity index (χ3n) is 2.14. The summed E-state index contributed by atoms with van der Waals surface area (Å²) >= 11 is 2.93. The summed E-state index contributed by atoms with van der Waals surface area (Å²) in [4.78, 5) is 12.2. The van der Waals surface area contributed by atoms with E-state index in [1.165, 1.54) is 30.2 Å². The van der Waals surface area contributed by atoms with Crippen LogP contribution in [0, 0.1) is 6.92 Å². The summed E-state index contributed by atoms with van der Waals surface area (Å²) in [6.45, 7) is 1.89. The predicted molar refractivity (Wildman–Crippen MR) is 71.0 cm³/mol. The predicted octanol–water partition coefficient (Wildman–Crippen LogP) is 2.37. The molecule has 0 saturated carbocycles. The van der Waals surface area contributed by atoms with Gasteiger partial charge in [0, 0.05) is 10.6 Å². The molecule has 18 heavy (non-hydrogen) atoms. The minimum atomic E-state index is -0.398. The summed E-state index contributed by atoms with van der Waals surface area (Å²) in [5, 5.41) is 8.85. The van der Waals surface area contributed by atoms with Crippen molar-refractivity contribution in [1.29, 1.82) is 0 Å². The monoisotopic (exact) mass is 281 g/mol. The first kappa shape index (κ1) is 12.8. The number of hydrogen-bond acceptors (Lipinski definition) is 7. The SMILES string of the molecule is COC(=O)c1ccc(Sc2nnc(C)s2)c(N)c1. The van der Waals surface area contributed by atoms with Gasteiger partial charge in [0.15, 0.2) is 4.34 Å². The van der Waals surface area contributed by atoms with E-state index in [0.717, 1.165) is 14.2 Å². The normalized spacial score (nSPS) is 10.3. The van der Waals surface area contributed by atoms with Crippen molar-refractivity contribution in [2.45, 2.75) is 16.2 Å². The van der Waals surface area contributed by atoms with E-state index in [2.05, 4.69) is 14.9 Å². The maximum atomic E-state index is 11.3. The second kappa shape index (κ2) is 5.36. The van der Waals surface area contributed by atoms with E-state index in [0.29, 0.717) is 11.3 Å². The number of hydrogen-bond donors (Lipinski definition) is 1. The van der Waals surface area contributed by atoms with Crippen LogP contribution in [0.3, 0.4) is 0 Å². The van der Waals surface area contributed by atoms with E-state index >= 15 is 0 Å². The number of ether oxygens (including phenoxy) is 1. The first-order chi connectivity index (χ1) is 8.60. The number of aromatic nitrogens is 2. The summed E-state index contributed by atoms with van der Waals surface area (Å²) in [6, 6.07) is 5.06. The molecule has 0 unspecified atom stereocenters. The maximum absolute atomic E-state index is 11.3. The van der Waals surface area contributed by atoms with Gasteiger partial charge in [0.1, 0.15) is 5.01 Å². The van der Waals surface area contributed by atoms with Gasteiger partial charge in [0.05, 0.1) is 12.7 Å². The Morgan fingerprint density at radius 2 is 2.22 bits per heavy atom. The molecule has 0 aliphatic carbocycles. The van der Waals surface area contributed by atoms with Gasteiger partial charge in [-0.15, -0.1) is 10.2 Å². The number of carbonyl (C=O) groups excluding carboxylic acids is 1. The minimum absolute atomic E-state index is 0.398. The van der Waals surface area contributed by atoms with Crippen molar-refractivity contribution in [1.82, 2.24) is 10.2 Å². The number of carbonyl (C=O) groups is 1. The molecule has 0 bridgehead atoms. The van der Waals surface area contributed by atoms with Crippen molar-refractivity contribution in [2.24, 2.45) is 0 Å². The molecule has 2 N–H and O–H groups in total. The number of nitrogens with zero attached hydrogens (tertiary/aromatic N) is 2. The average Bonchev–Trinajstić information content (AvgIpc) is 2.76. The second-order valence-electron chi connectivity index (χ2n) is 3.43. The molecule has 1 heterocycles. The molecule has 0 radical (unpaired) electrons. The lowest BCUT2D eigenvalue weighted by Gasteiger charge is -2.05. The van der Waals surface area contributed by atoms with Crippen LogP contribution in [0.5, 0.6) is 0 Å². The summed E-state index contributed by atoms with van der Waals surface area (Å²) in [7, 11) is 1.34. The van der Waals surface area contributed by atoms with Crippen molar-refractivity contribution in [3.63, 3.8) is 0 Å². The Balaban J connectivity index is 2.22. The van der Waals surface area contributed by atoms with Gasteiger partial charge in [-0.2, -0.15) is 0 Å². The number of nitrogen functional groups attached to an aromatic ring is 1. The molecule has 0 spiro atoms. The quantitative estimate of drug-likeness (QED) is 0.687. The molecule has 5 nitrogen and oxygen atoms in total. The fourth-order valence-electron chi connectivity index (χ4n) is 1.30. The van der Waals surface area contributed by atoms with Crippen LogP contribution in [-0.2, 0) is 4.74 Å². The van der Waals surface area contributed by atoms with Gasteiger partial charge in [0.2, 0.25) is 0 Å². The standard InChI is InChI=1S/C11H11N3O2S2/c1-6-13-14-11(17-6)18-9-4-3-7(5-8(9)12)10(15)16-2/h3-5H,12H2,1-2H3. The van der Waals surface area contributed by atoms with Gasteiger partial charge in [-0.1, -0.05) is 23.1 Å². The molecular formula is C11H11N3O2S2. The van der Waals surface area contributed by atoms with Crippen LogP contribution in [-0.4, -0.2) is 23.3 Å². The van der Waals surface area contributed by atoms with Crippen LogP contribution in [0.15, 0.2) is 27.4 Å². The number of anilines is 1. The zero-order valence-electron chi connectivity index (χ0n) is 9.84. The molecular weight excluding hydrogens is 270 g/mol. The van der Waals surface area contributed by atoms with Crippen LogP contribution in [0.1, 0.15) is 15.4 Å². The van der Waals surface area contributed by atoms with E-state index in [1.54, 1.807) is 18.2 Å². The molecule has 0 aliphatic heterocycles. The van der Waals surface area contributed by atoms with Crippen LogP contribution in [0.25, 0.3) is 0 Å². The lowest BCUT2D eigenvalue weighted by atomic mass is 10.2. The minimum Gasteiger partial charge on any atom is -0.465 e. The lowest BCUT2D eigenvalue weighted by Crippen LogP contribution is -2.02. The van der Waals surface area contributed by atoms with Gasteiger partial charge in [-0.05, 0) is 25.1 Å². The molecule has 1 aromatic carbocycles. The number of rotatable bonds is 3. The average molecular weight is 281 g/mol. The Hall–Kier alpha value is -1.60. The molecule has 2 rings (SSSR count). The second-order valence-corrected chi connectivity index (χ2v) is 5.90. The molecule has 0 amide bonds. The van der Waals surface area contributed by atoms with Gasteiger partial charge < -0.3 is 10.5 Å². The Bertz CT molecular complexity index is 583. The highest BCUT2D eigenvalue weighted by Crippen LogP contribution is 2.34. The molecule has 0 atom stereocenters. The molecule has 7 heteroatoms. The van der Waals surface area contributed by atoms with E-state index < -0.39 is 5.97 Å². The molecule has 94 valence electrons. The zero-order valence-corrected chi connectivity index (χ0v) is 11.5. The Kier molecular flexibility index (Phi) is 3.83. The largest absolute Gasteiger partial charge is 0.465 e. The van der Waals surface area contributed by atoms with E-state index in [9.17, 15) is 4.79 Å². The Morgan fingerprint density at radius 3 is 2.78 bits per heavy atom. The lowest BCUT2D eigenvalue weighted by molar-refractivity contribution is 0.0600. The zero-order chi connectivity index (χ0) is 13.1. The smallest absolute Gasteiger partial charge is 0.337 e. The van der Waals surface area contributed by atoms with Gasteiger partial charge in [0.25, 0.3) is 0 Å².